The van der Waals surface area contributed by atoms with Gasteiger partial charge in [-0.25, -0.2) is 0 Å². The molecule has 0 heterocycles. The van der Waals surface area contributed by atoms with Crippen molar-refractivity contribution >= 4 is 0 Å². The molecule has 1 nitrogen and oxygen atoms in total. The maximum absolute atomic E-state index is 8.45. The summed E-state index contributed by atoms with van der Waals surface area (Å²) in [5.41, 5.74) is 1.55. The van der Waals surface area contributed by atoms with Crippen LogP contribution < -0.4 is 0 Å². The first-order valence-corrected chi connectivity index (χ1v) is 9.83. The first kappa shape index (κ1) is 21.2. The van der Waals surface area contributed by atoms with Crippen molar-refractivity contribution in [2.24, 2.45) is 0 Å². The van der Waals surface area contributed by atoms with E-state index in [2.05, 4.69) is 26.0 Å². The molecule has 128 valence electrons. The molecule has 22 heavy (non-hydrogen) atoms. The zero-order valence-corrected chi connectivity index (χ0v) is 15.3. The Morgan fingerprint density at radius 3 is 1.55 bits per heavy atom. The van der Waals surface area contributed by atoms with Gasteiger partial charge in [0.05, 0.1) is 6.07 Å². The Hall–Kier alpha value is -0.770. The minimum Gasteiger partial charge on any atom is -0.198 e. The van der Waals surface area contributed by atoms with Crippen LogP contribution in [0, 0.1) is 11.3 Å². The number of hydrogen-bond acceptors (Lipinski definition) is 1. The Kier molecular flexibility index (Phi) is 17.6. The molecular formula is C21H39N. The summed E-state index contributed by atoms with van der Waals surface area (Å²) in [6.07, 6.45) is 23.5. The van der Waals surface area contributed by atoms with Gasteiger partial charge in [-0.15, -0.1) is 0 Å². The van der Waals surface area contributed by atoms with Gasteiger partial charge in [0.2, 0.25) is 0 Å². The third-order valence-corrected chi connectivity index (χ3v) is 4.54. The van der Waals surface area contributed by atoms with Crippen molar-refractivity contribution in [2.75, 3.05) is 0 Å². The predicted molar refractivity (Wildman–Crippen MR) is 98.9 cm³/mol. The van der Waals surface area contributed by atoms with Gasteiger partial charge < -0.3 is 0 Å². The predicted octanol–water partition coefficient (Wildman–Crippen LogP) is 7.72. The van der Waals surface area contributed by atoms with E-state index in [1.54, 1.807) is 5.57 Å². The van der Waals surface area contributed by atoms with Crippen LogP contribution >= 0.6 is 0 Å². The quantitative estimate of drug-likeness (QED) is 0.211. The number of rotatable bonds is 16. The van der Waals surface area contributed by atoms with Crippen LogP contribution in [0.1, 0.15) is 117 Å². The van der Waals surface area contributed by atoms with Gasteiger partial charge in [0.25, 0.3) is 0 Å². The van der Waals surface area contributed by atoms with Crippen LogP contribution in [0.3, 0.4) is 0 Å². The summed E-state index contributed by atoms with van der Waals surface area (Å²) in [4.78, 5) is 0. The molecule has 0 fully saturated rings. The number of hydrogen-bond donors (Lipinski definition) is 0. The fourth-order valence-electron chi connectivity index (χ4n) is 2.79. The zero-order valence-electron chi connectivity index (χ0n) is 15.3. The molecule has 0 amide bonds. The highest BCUT2D eigenvalue weighted by Gasteiger charge is 1.94. The Morgan fingerprint density at radius 1 is 0.727 bits per heavy atom. The van der Waals surface area contributed by atoms with Gasteiger partial charge in [0.15, 0.2) is 0 Å². The SMILES string of the molecule is CCC(C)=CCCCCCCCCCCCCCCCC#N. The summed E-state index contributed by atoms with van der Waals surface area (Å²) in [5, 5.41) is 8.45. The Bertz CT molecular complexity index is 285. The number of nitrogens with zero attached hydrogens (tertiary/aromatic N) is 1. The Labute approximate surface area is 140 Å². The average Bonchev–Trinajstić information content (AvgIpc) is 2.54. The van der Waals surface area contributed by atoms with Crippen LogP contribution in [0.25, 0.3) is 0 Å². The second-order valence-corrected chi connectivity index (χ2v) is 6.70. The molecule has 0 atom stereocenters. The zero-order chi connectivity index (χ0) is 16.3. The van der Waals surface area contributed by atoms with Crippen molar-refractivity contribution in [1.82, 2.24) is 0 Å². The molecule has 0 spiro atoms. The molecule has 0 bridgehead atoms. The van der Waals surface area contributed by atoms with Gasteiger partial charge in [-0.1, -0.05) is 89.2 Å². The summed E-state index contributed by atoms with van der Waals surface area (Å²) in [6, 6.07) is 2.22. The largest absolute Gasteiger partial charge is 0.198 e. The number of nitriles is 1. The first-order valence-electron chi connectivity index (χ1n) is 9.83. The minimum atomic E-state index is 0.745. The molecule has 0 N–H and O–H groups in total. The molecule has 0 aromatic carbocycles. The molecule has 0 aromatic rings. The molecule has 0 aliphatic rings. The van der Waals surface area contributed by atoms with E-state index in [1.165, 1.54) is 89.9 Å². The van der Waals surface area contributed by atoms with E-state index in [0.29, 0.717) is 0 Å². The van der Waals surface area contributed by atoms with Gasteiger partial charge in [-0.3, -0.25) is 0 Å². The molecule has 0 aliphatic carbocycles. The first-order chi connectivity index (χ1) is 10.8. The summed E-state index contributed by atoms with van der Waals surface area (Å²) in [7, 11) is 0. The van der Waals surface area contributed by atoms with Crippen LogP contribution in [0.15, 0.2) is 11.6 Å². The van der Waals surface area contributed by atoms with Gasteiger partial charge >= 0.3 is 0 Å². The van der Waals surface area contributed by atoms with E-state index >= 15 is 0 Å². The highest BCUT2D eigenvalue weighted by molar-refractivity contribution is 4.96. The second kappa shape index (κ2) is 18.3. The molecule has 0 rings (SSSR count). The van der Waals surface area contributed by atoms with Gasteiger partial charge in [-0.05, 0) is 32.6 Å². The monoisotopic (exact) mass is 305 g/mol. The molecule has 0 unspecified atom stereocenters. The van der Waals surface area contributed by atoms with Crippen molar-refractivity contribution in [2.45, 2.75) is 117 Å². The number of allylic oxidation sites excluding steroid dienone is 2. The van der Waals surface area contributed by atoms with Crippen LogP contribution in [-0.2, 0) is 0 Å². The summed E-state index contributed by atoms with van der Waals surface area (Å²) in [6.45, 7) is 4.48. The molecule has 0 saturated heterocycles. The topological polar surface area (TPSA) is 23.8 Å². The van der Waals surface area contributed by atoms with Gasteiger partial charge in [0.1, 0.15) is 0 Å². The highest BCUT2D eigenvalue weighted by Crippen LogP contribution is 2.13. The second-order valence-electron chi connectivity index (χ2n) is 6.70. The van der Waals surface area contributed by atoms with Crippen LogP contribution in [-0.4, -0.2) is 0 Å². The lowest BCUT2D eigenvalue weighted by Gasteiger charge is -2.03. The number of unbranched alkanes of at least 4 members (excludes halogenated alkanes) is 14. The Morgan fingerprint density at radius 2 is 1.14 bits per heavy atom. The highest BCUT2D eigenvalue weighted by atomic mass is 14.2. The molecule has 1 heteroatoms. The van der Waals surface area contributed by atoms with Gasteiger partial charge in [0, 0.05) is 6.42 Å². The Balaban J connectivity index is 3.04. The van der Waals surface area contributed by atoms with E-state index in [-0.39, 0.29) is 0 Å². The third kappa shape index (κ3) is 17.3. The molecule has 0 aromatic heterocycles. The normalized spacial score (nSPS) is 11.6. The van der Waals surface area contributed by atoms with E-state index in [4.69, 9.17) is 5.26 Å². The average molecular weight is 306 g/mol. The summed E-state index contributed by atoms with van der Waals surface area (Å²) in [5.74, 6) is 0. The summed E-state index contributed by atoms with van der Waals surface area (Å²) < 4.78 is 0. The lowest BCUT2D eigenvalue weighted by molar-refractivity contribution is 0.538. The standard InChI is InChI=1S/C21H39N/c1-3-21(2)19-17-15-13-11-9-7-5-4-6-8-10-12-14-16-18-20-22/h19H,3-18H2,1-2H3. The fraction of sp³-hybridized carbons (Fsp3) is 0.857. The van der Waals surface area contributed by atoms with Crippen LogP contribution in [0.5, 0.6) is 0 Å². The maximum Gasteiger partial charge on any atom is 0.0621 e. The molecular weight excluding hydrogens is 266 g/mol. The van der Waals surface area contributed by atoms with Crippen molar-refractivity contribution in [1.29, 1.82) is 5.26 Å². The fourth-order valence-corrected chi connectivity index (χ4v) is 2.79. The van der Waals surface area contributed by atoms with E-state index in [1.807, 2.05) is 0 Å². The van der Waals surface area contributed by atoms with Crippen molar-refractivity contribution in [3.63, 3.8) is 0 Å². The van der Waals surface area contributed by atoms with Crippen molar-refractivity contribution in [3.05, 3.63) is 11.6 Å². The van der Waals surface area contributed by atoms with E-state index in [0.717, 1.165) is 12.8 Å². The van der Waals surface area contributed by atoms with Crippen LogP contribution in [0.4, 0.5) is 0 Å². The molecule has 0 aliphatic heterocycles. The smallest absolute Gasteiger partial charge is 0.0621 e. The van der Waals surface area contributed by atoms with Crippen LogP contribution in [0.2, 0.25) is 0 Å². The summed E-state index contributed by atoms with van der Waals surface area (Å²) >= 11 is 0. The van der Waals surface area contributed by atoms with Crippen molar-refractivity contribution < 1.29 is 0 Å². The molecule has 0 saturated carbocycles. The lowest BCUT2D eigenvalue weighted by Crippen LogP contribution is -1.83. The van der Waals surface area contributed by atoms with Gasteiger partial charge in [-0.2, -0.15) is 5.26 Å². The third-order valence-electron chi connectivity index (χ3n) is 4.54. The molecule has 0 radical (unpaired) electrons. The van der Waals surface area contributed by atoms with Crippen molar-refractivity contribution in [3.8, 4) is 6.07 Å². The van der Waals surface area contributed by atoms with E-state index < -0.39 is 0 Å². The van der Waals surface area contributed by atoms with E-state index in [9.17, 15) is 0 Å². The minimum absolute atomic E-state index is 0.745. The lowest BCUT2D eigenvalue weighted by atomic mass is 10.0. The maximum atomic E-state index is 8.45.